The summed E-state index contributed by atoms with van der Waals surface area (Å²) in [5.41, 5.74) is -9.28. The topological polar surface area (TPSA) is 160 Å². The lowest BCUT2D eigenvalue weighted by atomic mass is 9.49. The summed E-state index contributed by atoms with van der Waals surface area (Å²) in [7, 11) is 0. The highest BCUT2D eigenvalue weighted by molar-refractivity contribution is 5.66. The van der Waals surface area contributed by atoms with Gasteiger partial charge in [-0.1, -0.05) is 13.8 Å². The number of ether oxygens (including phenoxy) is 2. The van der Waals surface area contributed by atoms with Gasteiger partial charge in [-0.25, -0.2) is 0 Å². The first-order chi connectivity index (χ1) is 18.0. The predicted molar refractivity (Wildman–Crippen MR) is 136 cm³/mol. The fourth-order valence-electron chi connectivity index (χ4n) is 11.6. The van der Waals surface area contributed by atoms with Gasteiger partial charge in [-0.05, 0) is 51.4 Å². The van der Waals surface area contributed by atoms with Crippen LogP contribution >= 0.6 is 0 Å². The molecule has 7 rings (SSSR count). The Morgan fingerprint density at radius 3 is 2.31 bits per heavy atom. The van der Waals surface area contributed by atoms with Crippen LogP contribution in [0.2, 0.25) is 0 Å². The molecular formula is C29H45NO9. The molecule has 0 aromatic heterocycles. The number of nitrogens with zero attached hydrogens (tertiary/aromatic N) is 1. The van der Waals surface area contributed by atoms with Crippen LogP contribution in [0.4, 0.5) is 0 Å². The van der Waals surface area contributed by atoms with E-state index >= 15 is 0 Å². The molecule has 3 saturated heterocycles. The largest absolute Gasteiger partial charge is 0.457 e. The van der Waals surface area contributed by atoms with Crippen LogP contribution in [0.15, 0.2) is 0 Å². The molecule has 4 saturated carbocycles. The average Bonchev–Trinajstić information content (AvgIpc) is 3.01. The highest BCUT2D eigenvalue weighted by Gasteiger charge is 2.88. The highest BCUT2D eigenvalue weighted by Crippen LogP contribution is 2.78. The van der Waals surface area contributed by atoms with Gasteiger partial charge < -0.3 is 40.1 Å². The molecule has 0 amide bonds. The van der Waals surface area contributed by atoms with Crippen LogP contribution in [-0.4, -0.2) is 107 Å². The van der Waals surface area contributed by atoms with Crippen molar-refractivity contribution in [1.29, 1.82) is 0 Å². The summed E-state index contributed by atoms with van der Waals surface area (Å²) in [6.07, 6.45) is 0.797. The minimum Gasteiger partial charge on any atom is -0.457 e. The number of rotatable bonds is 1. The summed E-state index contributed by atoms with van der Waals surface area (Å²) in [5, 5.41) is 73.3. The zero-order valence-corrected chi connectivity index (χ0v) is 23.5. The van der Waals surface area contributed by atoms with E-state index in [9.17, 15) is 35.4 Å². The van der Waals surface area contributed by atoms with Crippen molar-refractivity contribution in [2.24, 2.45) is 29.1 Å². The van der Waals surface area contributed by atoms with Crippen molar-refractivity contribution < 1.29 is 44.9 Å². The molecule has 4 bridgehead atoms. The van der Waals surface area contributed by atoms with Crippen LogP contribution in [0.5, 0.6) is 0 Å². The predicted octanol–water partition coefficient (Wildman–Crippen LogP) is 0.0449. The van der Waals surface area contributed by atoms with Gasteiger partial charge in [-0.2, -0.15) is 0 Å². The number of hydrogen-bond acceptors (Lipinski definition) is 10. The monoisotopic (exact) mass is 551 g/mol. The van der Waals surface area contributed by atoms with Crippen LogP contribution in [0.3, 0.4) is 0 Å². The van der Waals surface area contributed by atoms with Crippen LogP contribution in [-0.2, 0) is 14.3 Å². The standard InChI is InChI=1S/C29H45NO9/c1-15-5-8-20-24(4,33)28(36)19(13-30(20)12-15)26(35)14-27-18(25(26,34)11-21(28)32)7-6-17-23(27,3)10-9-22(38-16(2)31)29(17,37)39-27/h15,17-22,32-37H,5-14H2,1-4H3. The van der Waals surface area contributed by atoms with Gasteiger partial charge in [0.05, 0.1) is 11.7 Å². The maximum absolute atomic E-state index is 12.8. The van der Waals surface area contributed by atoms with E-state index in [1.807, 2.05) is 6.92 Å². The molecular weight excluding hydrogens is 506 g/mol. The number of carbonyl (C=O) groups excluding carboxylic acids is 1. The van der Waals surface area contributed by atoms with E-state index in [2.05, 4.69) is 11.8 Å². The Balaban J connectivity index is 1.36. The van der Waals surface area contributed by atoms with E-state index in [0.717, 1.165) is 6.42 Å². The summed E-state index contributed by atoms with van der Waals surface area (Å²) >= 11 is 0. The average molecular weight is 552 g/mol. The van der Waals surface area contributed by atoms with Crippen LogP contribution in [0.25, 0.3) is 0 Å². The van der Waals surface area contributed by atoms with Crippen molar-refractivity contribution in [3.05, 3.63) is 0 Å². The number of aliphatic hydroxyl groups is 6. The Bertz CT molecular complexity index is 1100. The molecule has 1 spiro atoms. The van der Waals surface area contributed by atoms with Gasteiger partial charge >= 0.3 is 5.97 Å². The van der Waals surface area contributed by atoms with Gasteiger partial charge in [0.15, 0.2) is 6.10 Å². The summed E-state index contributed by atoms with van der Waals surface area (Å²) < 4.78 is 12.2. The molecule has 0 aromatic rings. The normalized spacial score (nSPS) is 63.5. The SMILES string of the molecule is CC(=O)OC1CCC2(C)C3CCC4C5(O)CC(O)C6(O)C(CN7CC(C)CCC7C6(C)O)C5(O)CC42OC13O. The summed E-state index contributed by atoms with van der Waals surface area (Å²) in [5.74, 6) is -3.93. The Morgan fingerprint density at radius 1 is 0.923 bits per heavy atom. The second kappa shape index (κ2) is 7.56. The molecule has 3 heterocycles. The number of aliphatic hydroxyl groups excluding tert-OH is 1. The molecule has 0 aromatic carbocycles. The molecule has 7 fully saturated rings. The maximum Gasteiger partial charge on any atom is 0.303 e. The lowest BCUT2D eigenvalue weighted by molar-refractivity contribution is -0.354. The molecule has 14 unspecified atom stereocenters. The van der Waals surface area contributed by atoms with E-state index in [4.69, 9.17) is 9.47 Å². The fourth-order valence-corrected chi connectivity index (χ4v) is 11.6. The minimum absolute atomic E-state index is 0.0485. The summed E-state index contributed by atoms with van der Waals surface area (Å²) in [6.45, 7) is 7.96. The zero-order chi connectivity index (χ0) is 28.2. The summed E-state index contributed by atoms with van der Waals surface area (Å²) in [4.78, 5) is 14.0. The molecule has 0 radical (unpaired) electrons. The number of fused-ring (bicyclic) bond motifs is 5. The van der Waals surface area contributed by atoms with Crippen LogP contribution < -0.4 is 0 Å². The van der Waals surface area contributed by atoms with Crippen LogP contribution in [0, 0.1) is 29.1 Å². The van der Waals surface area contributed by atoms with E-state index in [1.54, 1.807) is 6.92 Å². The van der Waals surface area contributed by atoms with Gasteiger partial charge in [-0.3, -0.25) is 9.69 Å². The first-order valence-electron chi connectivity index (χ1n) is 14.9. The Hall–Kier alpha value is -0.850. The Morgan fingerprint density at radius 2 is 1.62 bits per heavy atom. The minimum atomic E-state index is -2.05. The maximum atomic E-state index is 12.8. The third kappa shape index (κ3) is 2.75. The van der Waals surface area contributed by atoms with E-state index in [0.29, 0.717) is 44.6 Å². The van der Waals surface area contributed by atoms with Gasteiger partial charge in [0.2, 0.25) is 5.79 Å². The number of carbonyl (C=O) groups is 1. The zero-order valence-electron chi connectivity index (χ0n) is 23.5. The van der Waals surface area contributed by atoms with Crippen LogP contribution in [0.1, 0.15) is 79.1 Å². The van der Waals surface area contributed by atoms with Gasteiger partial charge in [0.1, 0.15) is 22.4 Å². The van der Waals surface area contributed by atoms with E-state index < -0.39 is 69.2 Å². The van der Waals surface area contributed by atoms with E-state index in [1.165, 1.54) is 6.92 Å². The summed E-state index contributed by atoms with van der Waals surface area (Å²) in [6, 6.07) is -0.379. The fraction of sp³-hybridized carbons (Fsp3) is 0.966. The third-order valence-electron chi connectivity index (χ3n) is 13.4. The molecule has 39 heavy (non-hydrogen) atoms. The number of esters is 1. The Kier molecular flexibility index (Phi) is 5.23. The number of piperidine rings is 2. The first kappa shape index (κ1) is 27.0. The second-order valence-electron chi connectivity index (χ2n) is 14.9. The van der Waals surface area contributed by atoms with Crippen molar-refractivity contribution in [3.63, 3.8) is 0 Å². The smallest absolute Gasteiger partial charge is 0.303 e. The van der Waals surface area contributed by atoms with Crippen molar-refractivity contribution in [1.82, 2.24) is 4.90 Å². The highest BCUT2D eigenvalue weighted by atomic mass is 16.7. The molecule has 10 heteroatoms. The first-order valence-corrected chi connectivity index (χ1v) is 14.9. The van der Waals surface area contributed by atoms with Crippen molar-refractivity contribution >= 4 is 5.97 Å². The molecule has 14 atom stereocenters. The lowest BCUT2D eigenvalue weighted by Gasteiger charge is -2.68. The molecule has 6 N–H and O–H groups in total. The van der Waals surface area contributed by atoms with E-state index in [-0.39, 0.29) is 31.3 Å². The second-order valence-corrected chi connectivity index (χ2v) is 14.9. The molecule has 220 valence electrons. The quantitative estimate of drug-likeness (QED) is 0.246. The molecule has 10 nitrogen and oxygen atoms in total. The van der Waals surface area contributed by atoms with Crippen molar-refractivity contribution in [3.8, 4) is 0 Å². The molecule has 4 aliphatic carbocycles. The Labute approximate surface area is 229 Å². The lowest BCUT2D eigenvalue weighted by Crippen LogP contribution is -2.85. The molecule has 7 aliphatic rings. The van der Waals surface area contributed by atoms with Gasteiger partial charge in [0, 0.05) is 62.1 Å². The molecule has 3 aliphatic heterocycles. The van der Waals surface area contributed by atoms with Crippen molar-refractivity contribution in [2.75, 3.05) is 13.1 Å². The van der Waals surface area contributed by atoms with Gasteiger partial charge in [0.25, 0.3) is 0 Å². The van der Waals surface area contributed by atoms with Gasteiger partial charge in [-0.15, -0.1) is 0 Å². The van der Waals surface area contributed by atoms with Crippen molar-refractivity contribution in [2.45, 2.75) is 131 Å². The third-order valence-corrected chi connectivity index (χ3v) is 13.4. The number of hydrogen-bond donors (Lipinski definition) is 6.